The summed E-state index contributed by atoms with van der Waals surface area (Å²) in [6, 6.07) is 6.36. The molecule has 3 N–H and O–H groups in total. The molecule has 118 valence electrons. The zero-order chi connectivity index (χ0) is 15.4. The summed E-state index contributed by atoms with van der Waals surface area (Å²) in [5, 5.41) is 4.63. The van der Waals surface area contributed by atoms with Gasteiger partial charge in [0.1, 0.15) is 5.82 Å². The molecular formula is C18H26N4. The van der Waals surface area contributed by atoms with Gasteiger partial charge in [-0.05, 0) is 30.4 Å². The third-order valence-electron chi connectivity index (χ3n) is 4.63. The van der Waals surface area contributed by atoms with Crippen LogP contribution >= 0.6 is 0 Å². The molecule has 3 rings (SSSR count). The molecule has 1 aliphatic carbocycles. The molecule has 0 atom stereocenters. The Morgan fingerprint density at radius 2 is 2.05 bits per heavy atom. The van der Waals surface area contributed by atoms with Crippen molar-refractivity contribution in [2.24, 2.45) is 5.92 Å². The van der Waals surface area contributed by atoms with Gasteiger partial charge in [-0.3, -0.25) is 0 Å². The second kappa shape index (κ2) is 6.95. The van der Waals surface area contributed by atoms with Gasteiger partial charge in [0.15, 0.2) is 0 Å². The molecule has 0 aliphatic heterocycles. The smallest absolute Gasteiger partial charge is 0.222 e. The van der Waals surface area contributed by atoms with Crippen LogP contribution in [-0.2, 0) is 6.42 Å². The first-order valence-corrected chi connectivity index (χ1v) is 8.57. The summed E-state index contributed by atoms with van der Waals surface area (Å²) < 4.78 is 0. The monoisotopic (exact) mass is 298 g/mol. The Kier molecular flexibility index (Phi) is 4.76. The van der Waals surface area contributed by atoms with Crippen LogP contribution < -0.4 is 11.1 Å². The summed E-state index contributed by atoms with van der Waals surface area (Å²) in [7, 11) is 0. The van der Waals surface area contributed by atoms with E-state index in [1.165, 1.54) is 43.1 Å². The third kappa shape index (κ3) is 3.32. The first kappa shape index (κ1) is 15.1. The fourth-order valence-electron chi connectivity index (χ4n) is 3.48. The summed E-state index contributed by atoms with van der Waals surface area (Å²) in [5.74, 6) is 2.07. The Labute approximate surface area is 132 Å². The molecule has 0 unspecified atom stereocenters. The fraction of sp³-hybridized carbons (Fsp3) is 0.556. The van der Waals surface area contributed by atoms with Crippen LogP contribution in [0.1, 0.15) is 51.0 Å². The topological polar surface area (TPSA) is 63.8 Å². The zero-order valence-corrected chi connectivity index (χ0v) is 13.4. The van der Waals surface area contributed by atoms with Gasteiger partial charge in [-0.15, -0.1) is 0 Å². The Morgan fingerprint density at radius 1 is 1.23 bits per heavy atom. The van der Waals surface area contributed by atoms with Crippen molar-refractivity contribution in [3.63, 3.8) is 0 Å². The highest BCUT2D eigenvalue weighted by molar-refractivity contribution is 5.93. The molecule has 2 aromatic rings. The number of nitrogens with zero attached hydrogens (tertiary/aromatic N) is 2. The van der Waals surface area contributed by atoms with Crippen molar-refractivity contribution in [2.75, 3.05) is 17.6 Å². The molecule has 1 saturated carbocycles. The van der Waals surface area contributed by atoms with E-state index in [1.54, 1.807) is 0 Å². The van der Waals surface area contributed by atoms with Gasteiger partial charge in [-0.1, -0.05) is 51.2 Å². The number of hydrogen-bond donors (Lipinski definition) is 2. The van der Waals surface area contributed by atoms with E-state index >= 15 is 0 Å². The van der Waals surface area contributed by atoms with Gasteiger partial charge in [0.05, 0.1) is 5.52 Å². The molecule has 1 aliphatic rings. The van der Waals surface area contributed by atoms with Crippen LogP contribution in [0.2, 0.25) is 0 Å². The van der Waals surface area contributed by atoms with Crippen LogP contribution in [0, 0.1) is 5.92 Å². The number of nitrogen functional groups attached to an aromatic ring is 1. The first-order chi connectivity index (χ1) is 10.8. The van der Waals surface area contributed by atoms with Crippen LogP contribution in [0.3, 0.4) is 0 Å². The van der Waals surface area contributed by atoms with Crippen molar-refractivity contribution in [3.8, 4) is 0 Å². The Morgan fingerprint density at radius 3 is 2.82 bits per heavy atom. The standard InChI is InChI=1S/C18H26N4/c1-2-3-11-20-17-16-14(12-13-7-4-5-8-13)9-6-10-15(16)21-18(19)22-17/h6,9-10,13H,2-5,7-8,11-12H2,1H3,(H3,19,20,21,22). The van der Waals surface area contributed by atoms with Crippen LogP contribution in [0.5, 0.6) is 0 Å². The van der Waals surface area contributed by atoms with E-state index in [0.717, 1.165) is 36.6 Å². The lowest BCUT2D eigenvalue weighted by Gasteiger charge is -2.15. The normalized spacial score (nSPS) is 15.5. The number of rotatable bonds is 6. The lowest BCUT2D eigenvalue weighted by atomic mass is 9.95. The van der Waals surface area contributed by atoms with Crippen molar-refractivity contribution in [1.29, 1.82) is 0 Å². The largest absolute Gasteiger partial charge is 0.369 e. The molecule has 22 heavy (non-hydrogen) atoms. The summed E-state index contributed by atoms with van der Waals surface area (Å²) in [4.78, 5) is 8.89. The number of hydrogen-bond acceptors (Lipinski definition) is 4. The van der Waals surface area contributed by atoms with Gasteiger partial charge in [0, 0.05) is 11.9 Å². The number of nitrogens with one attached hydrogen (secondary N) is 1. The van der Waals surface area contributed by atoms with E-state index in [2.05, 4.69) is 34.3 Å². The Balaban J connectivity index is 1.95. The quantitative estimate of drug-likeness (QED) is 0.786. The average Bonchev–Trinajstić information content (AvgIpc) is 3.00. The molecule has 0 bridgehead atoms. The lowest BCUT2D eigenvalue weighted by Crippen LogP contribution is -2.08. The van der Waals surface area contributed by atoms with Crippen molar-refractivity contribution < 1.29 is 0 Å². The number of anilines is 2. The predicted molar refractivity (Wildman–Crippen MR) is 93.0 cm³/mol. The maximum atomic E-state index is 5.88. The minimum Gasteiger partial charge on any atom is -0.369 e. The van der Waals surface area contributed by atoms with Crippen molar-refractivity contribution in [2.45, 2.75) is 51.9 Å². The summed E-state index contributed by atoms with van der Waals surface area (Å²) >= 11 is 0. The summed E-state index contributed by atoms with van der Waals surface area (Å²) in [6.45, 7) is 3.12. The van der Waals surface area contributed by atoms with Crippen LogP contribution in [0.4, 0.5) is 11.8 Å². The molecule has 1 aromatic heterocycles. The fourth-order valence-corrected chi connectivity index (χ4v) is 3.48. The summed E-state index contributed by atoms with van der Waals surface area (Å²) in [5.41, 5.74) is 8.20. The molecule has 4 heteroatoms. The molecule has 0 saturated heterocycles. The van der Waals surface area contributed by atoms with E-state index < -0.39 is 0 Å². The molecule has 1 aromatic carbocycles. The molecule has 1 fully saturated rings. The van der Waals surface area contributed by atoms with Crippen LogP contribution in [0.15, 0.2) is 18.2 Å². The third-order valence-corrected chi connectivity index (χ3v) is 4.63. The lowest BCUT2D eigenvalue weighted by molar-refractivity contribution is 0.548. The van der Waals surface area contributed by atoms with Gasteiger partial charge in [-0.25, -0.2) is 4.98 Å². The highest BCUT2D eigenvalue weighted by atomic mass is 15.1. The molecule has 0 amide bonds. The highest BCUT2D eigenvalue weighted by Gasteiger charge is 2.18. The molecule has 0 spiro atoms. The van der Waals surface area contributed by atoms with Crippen molar-refractivity contribution in [3.05, 3.63) is 23.8 Å². The SMILES string of the molecule is CCCCNc1nc(N)nc2cccc(CC3CCCC3)c12. The number of unbranched alkanes of at least 4 members (excludes halogenated alkanes) is 1. The Bertz CT molecular complexity index is 632. The average molecular weight is 298 g/mol. The first-order valence-electron chi connectivity index (χ1n) is 8.57. The van der Waals surface area contributed by atoms with Crippen molar-refractivity contribution >= 4 is 22.7 Å². The minimum absolute atomic E-state index is 0.351. The van der Waals surface area contributed by atoms with E-state index in [4.69, 9.17) is 5.73 Å². The van der Waals surface area contributed by atoms with E-state index in [9.17, 15) is 0 Å². The molecular weight excluding hydrogens is 272 g/mol. The maximum Gasteiger partial charge on any atom is 0.222 e. The van der Waals surface area contributed by atoms with Gasteiger partial charge < -0.3 is 11.1 Å². The number of nitrogens with two attached hydrogens (primary N) is 1. The van der Waals surface area contributed by atoms with Gasteiger partial charge >= 0.3 is 0 Å². The maximum absolute atomic E-state index is 5.88. The second-order valence-corrected chi connectivity index (χ2v) is 6.38. The van der Waals surface area contributed by atoms with Gasteiger partial charge in [0.25, 0.3) is 0 Å². The van der Waals surface area contributed by atoms with Gasteiger partial charge in [0.2, 0.25) is 5.95 Å². The minimum atomic E-state index is 0.351. The molecule has 1 heterocycles. The van der Waals surface area contributed by atoms with E-state index in [0.29, 0.717) is 5.95 Å². The number of benzene rings is 1. The highest BCUT2D eigenvalue weighted by Crippen LogP contribution is 2.32. The molecule has 0 radical (unpaired) electrons. The number of fused-ring (bicyclic) bond motifs is 1. The van der Waals surface area contributed by atoms with E-state index in [-0.39, 0.29) is 0 Å². The van der Waals surface area contributed by atoms with Crippen molar-refractivity contribution in [1.82, 2.24) is 9.97 Å². The summed E-state index contributed by atoms with van der Waals surface area (Å²) in [6.07, 6.45) is 8.89. The molecule has 4 nitrogen and oxygen atoms in total. The number of aromatic nitrogens is 2. The zero-order valence-electron chi connectivity index (χ0n) is 13.4. The predicted octanol–water partition coefficient (Wildman–Crippen LogP) is 4.16. The van der Waals surface area contributed by atoms with Crippen LogP contribution in [-0.4, -0.2) is 16.5 Å². The van der Waals surface area contributed by atoms with Gasteiger partial charge in [-0.2, -0.15) is 4.98 Å². The Hall–Kier alpha value is -1.84. The second-order valence-electron chi connectivity index (χ2n) is 6.38. The van der Waals surface area contributed by atoms with Crippen LogP contribution in [0.25, 0.3) is 10.9 Å². The van der Waals surface area contributed by atoms with E-state index in [1.807, 2.05) is 6.07 Å².